The molecule has 2 aromatic rings. The number of hydrazone groups is 1. The molecule has 182 valence electrons. The van der Waals surface area contributed by atoms with Crippen molar-refractivity contribution in [1.29, 1.82) is 0 Å². The van der Waals surface area contributed by atoms with E-state index in [0.717, 1.165) is 23.5 Å². The fraction of sp³-hybridized carbons (Fsp3) is 0.409. The van der Waals surface area contributed by atoms with Gasteiger partial charge in [-0.05, 0) is 26.3 Å². The summed E-state index contributed by atoms with van der Waals surface area (Å²) in [5.41, 5.74) is 2.59. The molecule has 0 saturated carbocycles. The second kappa shape index (κ2) is 10.1. The third-order valence-corrected chi connectivity index (χ3v) is 5.26. The van der Waals surface area contributed by atoms with Crippen LogP contribution in [0.2, 0.25) is 0 Å². The predicted molar refractivity (Wildman–Crippen MR) is 117 cm³/mol. The molecule has 0 radical (unpaired) electrons. The molecule has 1 aromatic carbocycles. The van der Waals surface area contributed by atoms with Gasteiger partial charge in [-0.3, -0.25) is 0 Å². The number of halogens is 3. The number of aromatic nitrogens is 2. The molecule has 1 aliphatic heterocycles. The molecule has 1 unspecified atom stereocenters. The summed E-state index contributed by atoms with van der Waals surface area (Å²) >= 11 is 0. The Labute approximate surface area is 194 Å². The van der Waals surface area contributed by atoms with E-state index in [2.05, 4.69) is 20.4 Å². The number of aryl methyl sites for hydroxylation is 1. The molecule has 0 aliphatic carbocycles. The van der Waals surface area contributed by atoms with Crippen LogP contribution in [0.15, 0.2) is 41.8 Å². The second-order valence-corrected chi connectivity index (χ2v) is 7.77. The lowest BCUT2D eigenvalue weighted by Gasteiger charge is -2.25. The van der Waals surface area contributed by atoms with E-state index in [1.54, 1.807) is 20.9 Å². The number of hydrogen-bond donors (Lipinski definition) is 1. The van der Waals surface area contributed by atoms with E-state index >= 15 is 0 Å². The van der Waals surface area contributed by atoms with Gasteiger partial charge in [-0.2, -0.15) is 18.3 Å². The zero-order valence-electron chi connectivity index (χ0n) is 19.1. The van der Waals surface area contributed by atoms with Gasteiger partial charge in [0.05, 0.1) is 30.9 Å². The third kappa shape index (κ3) is 5.61. The first-order chi connectivity index (χ1) is 16.0. The first-order valence-electron chi connectivity index (χ1n) is 10.5. The highest BCUT2D eigenvalue weighted by Gasteiger charge is 2.37. The first-order valence-corrected chi connectivity index (χ1v) is 10.5. The van der Waals surface area contributed by atoms with E-state index in [4.69, 9.17) is 4.74 Å². The van der Waals surface area contributed by atoms with E-state index < -0.39 is 36.2 Å². The summed E-state index contributed by atoms with van der Waals surface area (Å²) < 4.78 is 43.2. The van der Waals surface area contributed by atoms with Crippen LogP contribution in [-0.4, -0.2) is 64.0 Å². The van der Waals surface area contributed by atoms with Crippen molar-refractivity contribution >= 4 is 17.8 Å². The van der Waals surface area contributed by atoms with E-state index in [-0.39, 0.29) is 13.2 Å². The number of rotatable bonds is 5. The Bertz CT molecular complexity index is 1060. The van der Waals surface area contributed by atoms with Crippen molar-refractivity contribution < 1.29 is 27.5 Å². The van der Waals surface area contributed by atoms with Crippen molar-refractivity contribution in [2.24, 2.45) is 5.10 Å². The highest BCUT2D eigenvalue weighted by molar-refractivity contribution is 6.07. The smallest absolute Gasteiger partial charge is 0.450 e. The summed E-state index contributed by atoms with van der Waals surface area (Å²) in [7, 11) is 1.57. The first kappa shape index (κ1) is 24.9. The molecule has 1 aliphatic rings. The highest BCUT2D eigenvalue weighted by Crippen LogP contribution is 2.26. The summed E-state index contributed by atoms with van der Waals surface area (Å²) in [4.78, 5) is 33.3. The molecule has 2 heterocycles. The Kier molecular flexibility index (Phi) is 7.38. The lowest BCUT2D eigenvalue weighted by atomic mass is 10.0. The number of likely N-dealkylation sites (N-methyl/N-ethyl adjacent to an activating group) is 1. The van der Waals surface area contributed by atoms with Gasteiger partial charge in [0.2, 0.25) is 5.82 Å². The number of carbonyl (C=O) groups is 2. The summed E-state index contributed by atoms with van der Waals surface area (Å²) in [6, 6.07) is 5.67. The van der Waals surface area contributed by atoms with Crippen LogP contribution >= 0.6 is 0 Å². The third-order valence-electron chi connectivity index (χ3n) is 5.26. The normalized spacial score (nSPS) is 16.6. The molecule has 12 heteroatoms. The molecule has 9 nitrogen and oxygen atoms in total. The maximum Gasteiger partial charge on any atom is 0.451 e. The van der Waals surface area contributed by atoms with Gasteiger partial charge in [0.15, 0.2) is 0 Å². The summed E-state index contributed by atoms with van der Waals surface area (Å²) in [5, 5.41) is 8.29. The minimum atomic E-state index is -4.65. The van der Waals surface area contributed by atoms with Crippen LogP contribution in [-0.2, 0) is 10.9 Å². The average molecular weight is 478 g/mol. The number of nitrogens with one attached hydrogen (secondary N) is 1. The molecule has 1 N–H and O–H groups in total. The van der Waals surface area contributed by atoms with Gasteiger partial charge in [-0.15, -0.1) is 0 Å². The Balaban J connectivity index is 1.79. The van der Waals surface area contributed by atoms with Crippen molar-refractivity contribution in [2.75, 3.05) is 20.2 Å². The predicted octanol–water partition coefficient (Wildman–Crippen LogP) is 3.75. The van der Waals surface area contributed by atoms with Crippen LogP contribution < -0.4 is 5.32 Å². The molecule has 1 aromatic heterocycles. The highest BCUT2D eigenvalue weighted by atomic mass is 19.4. The SMILES string of the molecule is CCOC(=O)N(C)[C@H]1CN(C(=O)NC(C)c2cnc(C(F)(F)F)nc2)N=C1c1ccc(C)cc1. The number of benzene rings is 1. The molecule has 0 fully saturated rings. The van der Waals surface area contributed by atoms with Crippen molar-refractivity contribution in [3.05, 3.63) is 59.2 Å². The van der Waals surface area contributed by atoms with E-state index in [0.29, 0.717) is 11.3 Å². The Hall–Kier alpha value is -3.70. The molecule has 0 saturated heterocycles. The number of urea groups is 1. The van der Waals surface area contributed by atoms with Crippen LogP contribution in [0.4, 0.5) is 22.8 Å². The zero-order chi connectivity index (χ0) is 25.0. The number of amides is 3. The van der Waals surface area contributed by atoms with Crippen LogP contribution in [0.1, 0.15) is 42.4 Å². The molecular formula is C22H25F3N6O3. The van der Waals surface area contributed by atoms with Crippen LogP contribution in [0.3, 0.4) is 0 Å². The zero-order valence-corrected chi connectivity index (χ0v) is 19.1. The number of nitrogens with zero attached hydrogens (tertiary/aromatic N) is 5. The fourth-order valence-electron chi connectivity index (χ4n) is 3.30. The Morgan fingerprint density at radius 1 is 1.24 bits per heavy atom. The van der Waals surface area contributed by atoms with Gasteiger partial charge in [0.25, 0.3) is 0 Å². The van der Waals surface area contributed by atoms with Crippen molar-refractivity contribution in [2.45, 2.75) is 39.0 Å². The Morgan fingerprint density at radius 2 is 1.85 bits per heavy atom. The molecule has 34 heavy (non-hydrogen) atoms. The largest absolute Gasteiger partial charge is 0.451 e. The van der Waals surface area contributed by atoms with Crippen LogP contribution in [0.5, 0.6) is 0 Å². The number of ether oxygens (including phenoxy) is 1. The monoisotopic (exact) mass is 478 g/mol. The second-order valence-electron chi connectivity index (χ2n) is 7.77. The van der Waals surface area contributed by atoms with Crippen molar-refractivity contribution in [3.8, 4) is 0 Å². The van der Waals surface area contributed by atoms with Gasteiger partial charge >= 0.3 is 18.3 Å². The molecular weight excluding hydrogens is 453 g/mol. The molecule has 3 rings (SSSR count). The summed E-state index contributed by atoms with van der Waals surface area (Å²) in [5.74, 6) is -1.26. The van der Waals surface area contributed by atoms with E-state index in [1.165, 1.54) is 9.91 Å². The van der Waals surface area contributed by atoms with Gasteiger partial charge in [-0.25, -0.2) is 24.6 Å². The average Bonchev–Trinajstić information content (AvgIpc) is 3.24. The number of hydrogen-bond acceptors (Lipinski definition) is 6. The number of carbonyl (C=O) groups excluding carboxylic acids is 2. The standard InChI is InChI=1S/C22H25F3N6O3/c1-5-34-21(33)30(4)17-12-31(29-18(17)15-8-6-13(2)7-9-15)20(32)28-14(3)16-10-26-19(27-11-16)22(23,24)25/h6-11,14,17H,5,12H2,1-4H3,(H,28,32)/t14?,17-/m0/s1. The van der Waals surface area contributed by atoms with Gasteiger partial charge in [0, 0.05) is 25.0 Å². The quantitative estimate of drug-likeness (QED) is 0.706. The summed E-state index contributed by atoms with van der Waals surface area (Å²) in [6.07, 6.45) is -3.17. The Morgan fingerprint density at radius 3 is 2.41 bits per heavy atom. The van der Waals surface area contributed by atoms with Gasteiger partial charge in [0.1, 0.15) is 0 Å². The molecule has 0 bridgehead atoms. The number of alkyl halides is 3. The lowest BCUT2D eigenvalue weighted by molar-refractivity contribution is -0.145. The molecule has 2 atom stereocenters. The minimum absolute atomic E-state index is 0.0700. The van der Waals surface area contributed by atoms with Crippen molar-refractivity contribution in [1.82, 2.24) is 25.2 Å². The van der Waals surface area contributed by atoms with Crippen LogP contribution in [0, 0.1) is 6.92 Å². The van der Waals surface area contributed by atoms with Crippen LogP contribution in [0.25, 0.3) is 0 Å². The maximum atomic E-state index is 12.9. The minimum Gasteiger partial charge on any atom is -0.450 e. The molecule has 3 amide bonds. The van der Waals surface area contributed by atoms with Crippen molar-refractivity contribution in [3.63, 3.8) is 0 Å². The maximum absolute atomic E-state index is 12.9. The van der Waals surface area contributed by atoms with E-state index in [9.17, 15) is 22.8 Å². The molecule has 0 spiro atoms. The van der Waals surface area contributed by atoms with E-state index in [1.807, 2.05) is 31.2 Å². The topological polar surface area (TPSA) is 100 Å². The van der Waals surface area contributed by atoms with Gasteiger partial charge < -0.3 is 15.0 Å². The van der Waals surface area contributed by atoms with Gasteiger partial charge in [-0.1, -0.05) is 29.8 Å². The summed E-state index contributed by atoms with van der Waals surface area (Å²) in [6.45, 7) is 5.49. The fourth-order valence-corrected chi connectivity index (χ4v) is 3.30. The lowest BCUT2D eigenvalue weighted by Crippen LogP contribution is -2.46.